The average molecular weight is 402 g/mol. The van der Waals surface area contributed by atoms with Crippen LogP contribution in [0.25, 0.3) is 10.2 Å². The van der Waals surface area contributed by atoms with Crippen molar-refractivity contribution in [3.05, 3.63) is 15.3 Å². The molecule has 3 heterocycles. The normalized spacial score (nSPS) is 19.6. The van der Waals surface area contributed by atoms with Gasteiger partial charge in [-0.25, -0.2) is 9.97 Å². The van der Waals surface area contributed by atoms with Crippen molar-refractivity contribution in [2.75, 3.05) is 18.0 Å². The van der Waals surface area contributed by atoms with Gasteiger partial charge in [-0.1, -0.05) is 11.3 Å². The van der Waals surface area contributed by atoms with Crippen molar-refractivity contribution in [3.63, 3.8) is 0 Å². The molecule has 0 N–H and O–H groups in total. The molecule has 0 amide bonds. The van der Waals surface area contributed by atoms with E-state index in [2.05, 4.69) is 52.8 Å². The molecule has 0 aromatic carbocycles. The van der Waals surface area contributed by atoms with Crippen LogP contribution in [-0.4, -0.2) is 23.1 Å². The van der Waals surface area contributed by atoms with Gasteiger partial charge >= 0.3 is 0 Å². The van der Waals surface area contributed by atoms with Crippen LogP contribution in [0.4, 0.5) is 5.13 Å². The SMILES string of the molecule is N#C[C@@H]1CCCN(c2nc3c(Br)cnc(Br)c3s2)C1. The molecule has 4 nitrogen and oxygen atoms in total. The van der Waals surface area contributed by atoms with Gasteiger partial charge in [0.05, 0.1) is 21.2 Å². The van der Waals surface area contributed by atoms with Crippen LogP contribution in [0.5, 0.6) is 0 Å². The van der Waals surface area contributed by atoms with Crippen molar-refractivity contribution < 1.29 is 0 Å². The van der Waals surface area contributed by atoms with E-state index in [1.165, 1.54) is 0 Å². The Labute approximate surface area is 131 Å². The Hall–Kier alpha value is -0.710. The first kappa shape index (κ1) is 13.3. The smallest absolute Gasteiger partial charge is 0.186 e. The molecule has 0 bridgehead atoms. The van der Waals surface area contributed by atoms with Gasteiger partial charge in [0.15, 0.2) is 5.13 Å². The van der Waals surface area contributed by atoms with Crippen molar-refractivity contribution in [2.24, 2.45) is 5.92 Å². The van der Waals surface area contributed by atoms with Crippen LogP contribution < -0.4 is 4.90 Å². The van der Waals surface area contributed by atoms with E-state index in [0.29, 0.717) is 0 Å². The first-order valence-corrected chi connectivity index (χ1v) is 8.34. The molecular formula is C12H10Br2N4S. The van der Waals surface area contributed by atoms with Gasteiger partial charge < -0.3 is 4.90 Å². The predicted octanol–water partition coefficient (Wildman–Crippen LogP) is 3.96. The fraction of sp³-hybridized carbons (Fsp3) is 0.417. The third-order valence-corrected chi connectivity index (χ3v) is 5.76. The second-order valence-corrected chi connectivity index (χ2v) is 7.07. The quantitative estimate of drug-likeness (QED) is 0.678. The first-order chi connectivity index (χ1) is 9.19. The molecule has 0 unspecified atom stereocenters. The molecule has 98 valence electrons. The number of pyridine rings is 1. The lowest BCUT2D eigenvalue weighted by Crippen LogP contribution is -2.34. The zero-order chi connectivity index (χ0) is 13.4. The molecule has 1 aliphatic heterocycles. The molecule has 0 radical (unpaired) electrons. The lowest BCUT2D eigenvalue weighted by atomic mass is 10.0. The van der Waals surface area contributed by atoms with Crippen LogP contribution in [-0.2, 0) is 0 Å². The van der Waals surface area contributed by atoms with Crippen molar-refractivity contribution in [1.82, 2.24) is 9.97 Å². The van der Waals surface area contributed by atoms with Crippen molar-refractivity contribution in [3.8, 4) is 6.07 Å². The molecule has 7 heteroatoms. The number of hydrogen-bond donors (Lipinski definition) is 0. The second kappa shape index (κ2) is 5.35. The number of nitriles is 1. The number of thiazole rings is 1. The number of halogens is 2. The van der Waals surface area contributed by atoms with Gasteiger partial charge in [0.2, 0.25) is 0 Å². The lowest BCUT2D eigenvalue weighted by Gasteiger charge is -2.28. The lowest BCUT2D eigenvalue weighted by molar-refractivity contribution is 0.493. The highest BCUT2D eigenvalue weighted by Crippen LogP contribution is 2.37. The van der Waals surface area contributed by atoms with E-state index in [1.807, 2.05) is 0 Å². The summed E-state index contributed by atoms with van der Waals surface area (Å²) in [6.45, 7) is 1.75. The van der Waals surface area contributed by atoms with Crippen LogP contribution in [0, 0.1) is 17.2 Å². The van der Waals surface area contributed by atoms with E-state index in [1.54, 1.807) is 17.5 Å². The van der Waals surface area contributed by atoms with Crippen molar-refractivity contribution >= 4 is 58.5 Å². The van der Waals surface area contributed by atoms with Gasteiger partial charge in [-0.2, -0.15) is 5.26 Å². The minimum atomic E-state index is 0.116. The van der Waals surface area contributed by atoms with E-state index in [9.17, 15) is 0 Å². The Balaban J connectivity index is 2.00. The predicted molar refractivity (Wildman–Crippen MR) is 83.4 cm³/mol. The Morgan fingerprint density at radius 1 is 1.47 bits per heavy atom. The minimum Gasteiger partial charge on any atom is -0.347 e. The second-order valence-electron chi connectivity index (χ2n) is 4.49. The zero-order valence-electron chi connectivity index (χ0n) is 9.94. The van der Waals surface area contributed by atoms with Crippen LogP contribution in [0.1, 0.15) is 12.8 Å². The molecule has 1 saturated heterocycles. The third-order valence-electron chi connectivity index (χ3n) is 3.20. The van der Waals surface area contributed by atoms with E-state index in [-0.39, 0.29) is 5.92 Å². The van der Waals surface area contributed by atoms with E-state index in [0.717, 1.165) is 50.4 Å². The summed E-state index contributed by atoms with van der Waals surface area (Å²) in [6.07, 6.45) is 3.80. The number of nitrogens with zero attached hydrogens (tertiary/aromatic N) is 4. The summed E-state index contributed by atoms with van der Waals surface area (Å²) in [7, 11) is 0. The summed E-state index contributed by atoms with van der Waals surface area (Å²) >= 11 is 8.57. The maximum atomic E-state index is 9.07. The fourth-order valence-corrected chi connectivity index (χ4v) is 4.29. The number of aromatic nitrogens is 2. The molecule has 0 aliphatic carbocycles. The van der Waals surface area contributed by atoms with E-state index < -0.39 is 0 Å². The summed E-state index contributed by atoms with van der Waals surface area (Å²) in [5, 5.41) is 10.0. The molecule has 0 saturated carbocycles. The highest BCUT2D eigenvalue weighted by Gasteiger charge is 2.23. The van der Waals surface area contributed by atoms with Gasteiger partial charge in [0.1, 0.15) is 10.1 Å². The molecule has 2 aromatic heterocycles. The zero-order valence-corrected chi connectivity index (χ0v) is 13.9. The minimum absolute atomic E-state index is 0.116. The molecule has 2 aromatic rings. The number of hydrogen-bond acceptors (Lipinski definition) is 5. The summed E-state index contributed by atoms with van der Waals surface area (Å²) in [5.74, 6) is 0.116. The highest BCUT2D eigenvalue weighted by atomic mass is 79.9. The largest absolute Gasteiger partial charge is 0.347 e. The molecule has 3 rings (SSSR count). The third kappa shape index (κ3) is 2.49. The van der Waals surface area contributed by atoms with E-state index >= 15 is 0 Å². The Morgan fingerprint density at radius 3 is 3.05 bits per heavy atom. The van der Waals surface area contributed by atoms with E-state index in [4.69, 9.17) is 5.26 Å². The molecule has 1 fully saturated rings. The van der Waals surface area contributed by atoms with Gasteiger partial charge in [0, 0.05) is 19.3 Å². The van der Waals surface area contributed by atoms with Crippen LogP contribution >= 0.6 is 43.2 Å². The number of rotatable bonds is 1. The standard InChI is InChI=1S/C12H10Br2N4S/c13-8-5-16-11(14)10-9(8)17-12(19-10)18-3-1-2-7(4-15)6-18/h5,7H,1-3,6H2/t7-/m0/s1. The number of anilines is 1. The summed E-state index contributed by atoms with van der Waals surface area (Å²) < 4.78 is 2.77. The topological polar surface area (TPSA) is 52.8 Å². The van der Waals surface area contributed by atoms with Gasteiger partial charge in [0.25, 0.3) is 0 Å². The molecule has 0 spiro atoms. The van der Waals surface area contributed by atoms with Gasteiger partial charge in [-0.05, 0) is 44.7 Å². The molecule has 1 aliphatic rings. The number of fused-ring (bicyclic) bond motifs is 1. The van der Waals surface area contributed by atoms with Crippen LogP contribution in [0.2, 0.25) is 0 Å². The van der Waals surface area contributed by atoms with Crippen LogP contribution in [0.15, 0.2) is 15.3 Å². The average Bonchev–Trinajstić information content (AvgIpc) is 2.89. The highest BCUT2D eigenvalue weighted by molar-refractivity contribution is 9.11. The maximum Gasteiger partial charge on any atom is 0.186 e. The Morgan fingerprint density at radius 2 is 2.32 bits per heavy atom. The monoisotopic (exact) mass is 400 g/mol. The van der Waals surface area contributed by atoms with Crippen molar-refractivity contribution in [2.45, 2.75) is 12.8 Å². The summed E-state index contributed by atoms with van der Waals surface area (Å²) in [4.78, 5) is 11.2. The molecule has 19 heavy (non-hydrogen) atoms. The van der Waals surface area contributed by atoms with Gasteiger partial charge in [-0.15, -0.1) is 0 Å². The number of piperidine rings is 1. The fourth-order valence-electron chi connectivity index (χ4n) is 2.24. The Kier molecular flexibility index (Phi) is 3.74. The van der Waals surface area contributed by atoms with Crippen molar-refractivity contribution in [1.29, 1.82) is 5.26 Å². The first-order valence-electron chi connectivity index (χ1n) is 5.94. The van der Waals surface area contributed by atoms with Crippen LogP contribution in [0.3, 0.4) is 0 Å². The Bertz CT molecular complexity index is 625. The van der Waals surface area contributed by atoms with Gasteiger partial charge in [-0.3, -0.25) is 0 Å². The summed E-state index contributed by atoms with van der Waals surface area (Å²) in [6, 6.07) is 2.36. The maximum absolute atomic E-state index is 9.07. The molecule has 1 atom stereocenters. The molecular weight excluding hydrogens is 392 g/mol. The summed E-state index contributed by atoms with van der Waals surface area (Å²) in [5.41, 5.74) is 0.931.